The largest absolute Gasteiger partial charge is 0.486 e. The molecular weight excluding hydrogens is 346 g/mol. The van der Waals surface area contributed by atoms with E-state index in [0.717, 1.165) is 5.56 Å². The van der Waals surface area contributed by atoms with E-state index in [1.807, 2.05) is 6.92 Å². The van der Waals surface area contributed by atoms with Crippen molar-refractivity contribution < 1.29 is 26.6 Å². The van der Waals surface area contributed by atoms with Crippen molar-refractivity contribution in [1.29, 1.82) is 0 Å². The minimum absolute atomic E-state index is 0.108. The van der Waals surface area contributed by atoms with Crippen LogP contribution in [0.4, 0.5) is 0 Å². The first kappa shape index (κ1) is 15.9. The number of ether oxygens (including phenoxy) is 2. The van der Waals surface area contributed by atoms with Crippen LogP contribution in [-0.2, 0) is 14.3 Å². The summed E-state index contributed by atoms with van der Waals surface area (Å²) in [5.74, 6) is 1.04. The van der Waals surface area contributed by atoms with Gasteiger partial charge in [-0.05, 0) is 31.2 Å². The van der Waals surface area contributed by atoms with Gasteiger partial charge in [-0.2, -0.15) is 8.42 Å². The molecule has 0 saturated heterocycles. The Morgan fingerprint density at radius 2 is 2.00 bits per heavy atom. The molecule has 1 aromatic heterocycles. The molecule has 0 radical (unpaired) electrons. The number of hydrogen-bond donors (Lipinski definition) is 0. The maximum Gasteiger partial charge on any atom is 0.297 e. The van der Waals surface area contributed by atoms with Crippen LogP contribution >= 0.6 is 0 Å². The Labute approximate surface area is 144 Å². The Kier molecular flexibility index (Phi) is 3.85. The Hall–Kier alpha value is -2.58. The van der Waals surface area contributed by atoms with E-state index < -0.39 is 16.2 Å². The second kappa shape index (κ2) is 6.05. The lowest BCUT2D eigenvalue weighted by atomic mass is 10.2. The van der Waals surface area contributed by atoms with Gasteiger partial charge in [-0.3, -0.25) is 4.18 Å². The summed E-state index contributed by atoms with van der Waals surface area (Å²) < 4.78 is 46.1. The summed E-state index contributed by atoms with van der Waals surface area (Å²) in [6, 6.07) is 9.96. The van der Waals surface area contributed by atoms with Crippen molar-refractivity contribution in [2.75, 3.05) is 13.2 Å². The molecule has 8 heteroatoms. The Balaban J connectivity index is 1.49. The third-order valence-corrected chi connectivity index (χ3v) is 5.18. The van der Waals surface area contributed by atoms with Crippen molar-refractivity contribution in [2.45, 2.75) is 17.9 Å². The number of rotatable bonds is 4. The molecule has 0 bridgehead atoms. The van der Waals surface area contributed by atoms with Gasteiger partial charge >= 0.3 is 0 Å². The predicted molar refractivity (Wildman–Crippen MR) is 88.2 cm³/mol. The van der Waals surface area contributed by atoms with Crippen molar-refractivity contribution in [3.05, 3.63) is 48.2 Å². The fourth-order valence-electron chi connectivity index (χ4n) is 2.54. The molecule has 25 heavy (non-hydrogen) atoms. The zero-order valence-corrected chi connectivity index (χ0v) is 14.2. The normalized spacial score (nSPS) is 16.9. The molecule has 0 amide bonds. The number of aromatic nitrogens is 1. The third-order valence-electron chi connectivity index (χ3n) is 3.89. The molecule has 0 unspecified atom stereocenters. The summed E-state index contributed by atoms with van der Waals surface area (Å²) in [6.45, 7) is 1.91. The van der Waals surface area contributed by atoms with Gasteiger partial charge in [0, 0.05) is 0 Å². The predicted octanol–water partition coefficient (Wildman–Crippen LogP) is 2.68. The number of fused-ring (bicyclic) bond motifs is 3. The maximum atomic E-state index is 12.3. The summed E-state index contributed by atoms with van der Waals surface area (Å²) in [4.78, 5) is 0.108. The van der Waals surface area contributed by atoms with Crippen LogP contribution in [-0.4, -0.2) is 32.9 Å². The van der Waals surface area contributed by atoms with Crippen molar-refractivity contribution in [3.8, 4) is 11.5 Å². The lowest BCUT2D eigenvalue weighted by Crippen LogP contribution is -2.34. The zero-order chi connectivity index (χ0) is 17.4. The first-order chi connectivity index (χ1) is 12.0. The molecule has 3 aromatic rings. The lowest BCUT2D eigenvalue weighted by Gasteiger charge is -2.26. The van der Waals surface area contributed by atoms with E-state index in [1.165, 1.54) is 18.4 Å². The van der Waals surface area contributed by atoms with Crippen LogP contribution in [0.1, 0.15) is 5.56 Å². The van der Waals surface area contributed by atoms with Gasteiger partial charge in [0.25, 0.3) is 10.1 Å². The highest BCUT2D eigenvalue weighted by Crippen LogP contribution is 2.38. The van der Waals surface area contributed by atoms with Crippen LogP contribution < -0.4 is 9.47 Å². The van der Waals surface area contributed by atoms with Crippen LogP contribution in [0.5, 0.6) is 11.5 Å². The van der Waals surface area contributed by atoms with Gasteiger partial charge in [0.05, 0.1) is 10.3 Å². The van der Waals surface area contributed by atoms with Crippen molar-refractivity contribution in [3.63, 3.8) is 0 Å². The van der Waals surface area contributed by atoms with Gasteiger partial charge in [0.1, 0.15) is 25.0 Å². The molecule has 0 fully saturated rings. The number of aryl methyl sites for hydroxylation is 1. The molecule has 2 heterocycles. The molecule has 0 aliphatic carbocycles. The van der Waals surface area contributed by atoms with Crippen LogP contribution in [0, 0.1) is 6.92 Å². The molecule has 4 rings (SSSR count). The second-order valence-corrected chi connectivity index (χ2v) is 7.36. The average Bonchev–Trinajstić information content (AvgIpc) is 3.09. The van der Waals surface area contributed by atoms with Gasteiger partial charge in [-0.25, -0.2) is 0 Å². The van der Waals surface area contributed by atoms with Crippen molar-refractivity contribution >= 4 is 21.0 Å². The van der Waals surface area contributed by atoms with Gasteiger partial charge in [-0.15, -0.1) is 0 Å². The molecule has 7 nitrogen and oxygen atoms in total. The highest BCUT2D eigenvalue weighted by molar-refractivity contribution is 7.86. The summed E-state index contributed by atoms with van der Waals surface area (Å²) >= 11 is 0. The summed E-state index contributed by atoms with van der Waals surface area (Å²) in [7, 11) is -3.85. The van der Waals surface area contributed by atoms with Gasteiger partial charge in [0.2, 0.25) is 0 Å². The lowest BCUT2D eigenvalue weighted by molar-refractivity contribution is 0.0571. The zero-order valence-electron chi connectivity index (χ0n) is 13.3. The van der Waals surface area contributed by atoms with E-state index >= 15 is 0 Å². The van der Waals surface area contributed by atoms with Gasteiger partial charge in [-0.1, -0.05) is 22.9 Å². The third kappa shape index (κ3) is 3.06. The van der Waals surface area contributed by atoms with E-state index in [9.17, 15) is 8.42 Å². The molecular formula is C17H15NO6S. The van der Waals surface area contributed by atoms with Crippen molar-refractivity contribution in [2.24, 2.45) is 0 Å². The molecule has 0 spiro atoms. The molecule has 1 aliphatic rings. The first-order valence-electron chi connectivity index (χ1n) is 7.65. The standard InChI is InChI=1S/C17H15NO6S/c1-11-2-4-13(5-3-11)25(19,20)23-9-12-8-21-16-7-6-15-14(10-22-18-15)17(16)24-12/h2-7,10,12H,8-9H2,1H3/t12-/m1/s1. The highest BCUT2D eigenvalue weighted by Gasteiger charge is 2.26. The summed E-state index contributed by atoms with van der Waals surface area (Å²) in [5.41, 5.74) is 1.61. The summed E-state index contributed by atoms with van der Waals surface area (Å²) in [5, 5.41) is 4.52. The van der Waals surface area contributed by atoms with Crippen LogP contribution in [0.2, 0.25) is 0 Å². The number of benzene rings is 2. The van der Waals surface area contributed by atoms with Gasteiger partial charge in [0.15, 0.2) is 17.6 Å². The van der Waals surface area contributed by atoms with E-state index in [4.69, 9.17) is 18.2 Å². The molecule has 1 aliphatic heterocycles. The van der Waals surface area contributed by atoms with Crippen LogP contribution in [0.25, 0.3) is 10.9 Å². The minimum Gasteiger partial charge on any atom is -0.486 e. The second-order valence-electron chi connectivity index (χ2n) is 5.74. The highest BCUT2D eigenvalue weighted by atomic mass is 32.2. The SMILES string of the molecule is Cc1ccc(S(=O)(=O)OC[C@H]2COc3ccc4nocc4c3O2)cc1. The number of nitrogens with zero attached hydrogens (tertiary/aromatic N) is 1. The fourth-order valence-corrected chi connectivity index (χ4v) is 3.47. The van der Waals surface area contributed by atoms with E-state index in [0.29, 0.717) is 22.4 Å². The van der Waals surface area contributed by atoms with Gasteiger partial charge < -0.3 is 14.0 Å². The maximum absolute atomic E-state index is 12.3. The first-order valence-corrected chi connectivity index (χ1v) is 9.06. The Morgan fingerprint density at radius 3 is 2.80 bits per heavy atom. The van der Waals surface area contributed by atoms with Crippen LogP contribution in [0.15, 0.2) is 52.1 Å². The number of hydrogen-bond acceptors (Lipinski definition) is 7. The molecule has 2 aromatic carbocycles. The van der Waals surface area contributed by atoms with E-state index in [2.05, 4.69) is 5.16 Å². The molecule has 0 N–H and O–H groups in total. The Bertz CT molecular complexity index is 1010. The van der Waals surface area contributed by atoms with E-state index in [1.54, 1.807) is 24.3 Å². The van der Waals surface area contributed by atoms with E-state index in [-0.39, 0.29) is 18.1 Å². The summed E-state index contributed by atoms with van der Waals surface area (Å²) in [6.07, 6.45) is 0.900. The topological polar surface area (TPSA) is 87.9 Å². The van der Waals surface area contributed by atoms with Crippen LogP contribution in [0.3, 0.4) is 0 Å². The monoisotopic (exact) mass is 361 g/mol. The fraction of sp³-hybridized carbons (Fsp3) is 0.235. The Morgan fingerprint density at radius 1 is 1.20 bits per heavy atom. The molecule has 130 valence electrons. The quantitative estimate of drug-likeness (QED) is 0.660. The van der Waals surface area contributed by atoms with Crippen molar-refractivity contribution in [1.82, 2.24) is 5.16 Å². The average molecular weight is 361 g/mol. The minimum atomic E-state index is -3.85. The molecule has 1 atom stereocenters. The smallest absolute Gasteiger partial charge is 0.297 e. The molecule has 0 saturated carbocycles.